The number of carbonyl (C=O) groups is 1. The molecule has 1 rings (SSSR count). The molecule has 1 aromatic rings. The van der Waals surface area contributed by atoms with Gasteiger partial charge in [-0.15, -0.1) is 0 Å². The van der Waals surface area contributed by atoms with Gasteiger partial charge in [-0.3, -0.25) is 0 Å². The third-order valence-electron chi connectivity index (χ3n) is 2.57. The van der Waals surface area contributed by atoms with E-state index in [0.29, 0.717) is 24.3 Å². The number of benzene rings is 1. The molecule has 0 saturated heterocycles. The maximum atomic E-state index is 10.8. The first kappa shape index (κ1) is 14.0. The number of carboxylic acids is 1. The number of carboxylic acid groups (broad SMARTS) is 1. The van der Waals surface area contributed by atoms with Crippen molar-refractivity contribution in [2.24, 2.45) is 5.16 Å². The Balaban J connectivity index is 2.80. The van der Waals surface area contributed by atoms with Gasteiger partial charge in [0.05, 0.1) is 5.71 Å². The molecule has 0 heterocycles. The van der Waals surface area contributed by atoms with Crippen LogP contribution in [0.25, 0.3) is 0 Å². The van der Waals surface area contributed by atoms with Gasteiger partial charge in [0.2, 0.25) is 0 Å². The molecular formula is C13H17NO4. The van der Waals surface area contributed by atoms with E-state index in [9.17, 15) is 4.79 Å². The molecule has 0 amide bonds. The minimum absolute atomic E-state index is 0.398. The van der Waals surface area contributed by atoms with Crippen molar-refractivity contribution in [3.8, 4) is 5.75 Å². The van der Waals surface area contributed by atoms with Crippen LogP contribution in [-0.2, 0) is 4.79 Å². The molecule has 5 nitrogen and oxygen atoms in total. The lowest BCUT2D eigenvalue weighted by molar-refractivity contribution is -0.145. The fourth-order valence-electron chi connectivity index (χ4n) is 1.53. The molecule has 1 aromatic carbocycles. The van der Waals surface area contributed by atoms with Crippen molar-refractivity contribution >= 4 is 11.7 Å². The van der Waals surface area contributed by atoms with Crippen LogP contribution in [0.3, 0.4) is 0 Å². The summed E-state index contributed by atoms with van der Waals surface area (Å²) < 4.78 is 5.33. The summed E-state index contributed by atoms with van der Waals surface area (Å²) >= 11 is 0. The van der Waals surface area contributed by atoms with Gasteiger partial charge in [0.1, 0.15) is 5.75 Å². The predicted octanol–water partition coefficient (Wildman–Crippen LogP) is 2.52. The van der Waals surface area contributed by atoms with Crippen LogP contribution in [0.15, 0.2) is 29.4 Å². The molecular weight excluding hydrogens is 234 g/mol. The summed E-state index contributed by atoms with van der Waals surface area (Å²) in [6.07, 6.45) is 0.173. The molecule has 18 heavy (non-hydrogen) atoms. The van der Waals surface area contributed by atoms with Crippen LogP contribution in [0, 0.1) is 0 Å². The zero-order chi connectivity index (χ0) is 13.5. The highest BCUT2D eigenvalue weighted by atomic mass is 16.5. The Morgan fingerprint density at radius 1 is 1.33 bits per heavy atom. The second kappa shape index (κ2) is 6.64. The predicted molar refractivity (Wildman–Crippen MR) is 67.4 cm³/mol. The number of nitrogens with zero attached hydrogens (tertiary/aromatic N) is 1. The lowest BCUT2D eigenvalue weighted by Crippen LogP contribution is -2.25. The van der Waals surface area contributed by atoms with Crippen molar-refractivity contribution in [3.63, 3.8) is 0 Å². The van der Waals surface area contributed by atoms with Crippen LogP contribution in [0.1, 0.15) is 32.3 Å². The summed E-state index contributed by atoms with van der Waals surface area (Å²) in [6, 6.07) is 6.81. The molecule has 0 spiro atoms. The topological polar surface area (TPSA) is 79.1 Å². The van der Waals surface area contributed by atoms with Crippen LogP contribution in [0.5, 0.6) is 5.75 Å². The van der Waals surface area contributed by atoms with Gasteiger partial charge in [-0.25, -0.2) is 4.79 Å². The Morgan fingerprint density at radius 3 is 2.33 bits per heavy atom. The Labute approximate surface area is 106 Å². The largest absolute Gasteiger partial charge is 0.479 e. The van der Waals surface area contributed by atoms with Gasteiger partial charge in [-0.05, 0) is 42.7 Å². The molecule has 0 fully saturated rings. The third kappa shape index (κ3) is 3.48. The van der Waals surface area contributed by atoms with E-state index in [1.165, 1.54) is 0 Å². The number of hydrogen-bond donors (Lipinski definition) is 2. The summed E-state index contributed by atoms with van der Waals surface area (Å²) in [5, 5.41) is 20.9. The molecule has 1 atom stereocenters. The van der Waals surface area contributed by atoms with Crippen molar-refractivity contribution in [2.45, 2.75) is 32.8 Å². The van der Waals surface area contributed by atoms with Crippen molar-refractivity contribution in [1.82, 2.24) is 0 Å². The summed E-state index contributed by atoms with van der Waals surface area (Å²) in [4.78, 5) is 10.8. The van der Waals surface area contributed by atoms with Gasteiger partial charge >= 0.3 is 5.97 Å². The van der Waals surface area contributed by atoms with E-state index in [0.717, 1.165) is 5.56 Å². The fourth-order valence-corrected chi connectivity index (χ4v) is 1.53. The molecule has 5 heteroatoms. The minimum Gasteiger partial charge on any atom is -0.479 e. The molecule has 0 aliphatic rings. The van der Waals surface area contributed by atoms with Gasteiger partial charge in [0, 0.05) is 0 Å². The molecule has 98 valence electrons. The van der Waals surface area contributed by atoms with Gasteiger partial charge in [-0.1, -0.05) is 19.0 Å². The highest BCUT2D eigenvalue weighted by Gasteiger charge is 2.16. The number of hydrogen-bond acceptors (Lipinski definition) is 4. The standard InChI is InChI=1S/C13H17NO4/c1-3-11(14-17)9-5-7-10(8-6-9)18-12(4-2)13(15)16/h5-8,12,17H,3-4H2,1-2H3,(H,15,16). The van der Waals surface area contributed by atoms with Crippen LogP contribution < -0.4 is 4.74 Å². The Hall–Kier alpha value is -2.04. The number of oxime groups is 1. The average Bonchev–Trinajstić information content (AvgIpc) is 2.38. The zero-order valence-corrected chi connectivity index (χ0v) is 10.5. The molecule has 0 aliphatic heterocycles. The lowest BCUT2D eigenvalue weighted by atomic mass is 10.1. The summed E-state index contributed by atoms with van der Waals surface area (Å²) in [5.74, 6) is -0.492. The molecule has 1 unspecified atom stereocenters. The molecule has 0 bridgehead atoms. The number of aliphatic carboxylic acids is 1. The molecule has 0 radical (unpaired) electrons. The van der Waals surface area contributed by atoms with Gasteiger partial charge in [0.25, 0.3) is 0 Å². The maximum absolute atomic E-state index is 10.8. The maximum Gasteiger partial charge on any atom is 0.344 e. The first-order valence-electron chi connectivity index (χ1n) is 5.83. The van der Waals surface area contributed by atoms with Crippen molar-refractivity contribution in [3.05, 3.63) is 29.8 Å². The highest BCUT2D eigenvalue weighted by molar-refractivity contribution is 6.00. The SMILES string of the molecule is CCC(=NO)c1ccc(OC(CC)C(=O)O)cc1. The van der Waals surface area contributed by atoms with Crippen LogP contribution in [0.4, 0.5) is 0 Å². The second-order valence-electron chi connectivity index (χ2n) is 3.78. The number of rotatable bonds is 6. The second-order valence-corrected chi connectivity index (χ2v) is 3.78. The van der Waals surface area contributed by atoms with Crippen molar-refractivity contribution in [2.75, 3.05) is 0 Å². The van der Waals surface area contributed by atoms with Crippen molar-refractivity contribution in [1.29, 1.82) is 0 Å². The molecule has 0 aromatic heterocycles. The summed E-state index contributed by atoms with van der Waals surface area (Å²) in [6.45, 7) is 3.64. The lowest BCUT2D eigenvalue weighted by Gasteiger charge is -2.13. The van der Waals surface area contributed by atoms with E-state index >= 15 is 0 Å². The Kier molecular flexibility index (Phi) is 5.17. The molecule has 0 aliphatic carbocycles. The number of ether oxygens (including phenoxy) is 1. The van der Waals surface area contributed by atoms with E-state index < -0.39 is 12.1 Å². The Bertz CT molecular complexity index is 425. The van der Waals surface area contributed by atoms with Crippen LogP contribution >= 0.6 is 0 Å². The van der Waals surface area contributed by atoms with Gasteiger partial charge in [-0.2, -0.15) is 0 Å². The van der Waals surface area contributed by atoms with Crippen molar-refractivity contribution < 1.29 is 19.8 Å². The normalized spacial score (nSPS) is 13.1. The van der Waals surface area contributed by atoms with Crippen LogP contribution in [0.2, 0.25) is 0 Å². The monoisotopic (exact) mass is 251 g/mol. The first-order chi connectivity index (χ1) is 8.62. The smallest absolute Gasteiger partial charge is 0.344 e. The third-order valence-corrected chi connectivity index (χ3v) is 2.57. The van der Waals surface area contributed by atoms with E-state index in [2.05, 4.69) is 5.16 Å². The van der Waals surface area contributed by atoms with E-state index in [4.69, 9.17) is 15.1 Å². The van der Waals surface area contributed by atoms with E-state index in [-0.39, 0.29) is 0 Å². The van der Waals surface area contributed by atoms with E-state index in [1.807, 2.05) is 6.92 Å². The highest BCUT2D eigenvalue weighted by Crippen LogP contribution is 2.16. The zero-order valence-electron chi connectivity index (χ0n) is 10.5. The minimum atomic E-state index is -0.979. The summed E-state index contributed by atoms with van der Waals surface area (Å²) in [7, 11) is 0. The quantitative estimate of drug-likeness (QED) is 0.462. The van der Waals surface area contributed by atoms with E-state index in [1.54, 1.807) is 31.2 Å². The van der Waals surface area contributed by atoms with Gasteiger partial charge < -0.3 is 15.1 Å². The molecule has 2 N–H and O–H groups in total. The first-order valence-corrected chi connectivity index (χ1v) is 5.83. The fraction of sp³-hybridized carbons (Fsp3) is 0.385. The molecule has 0 saturated carbocycles. The average molecular weight is 251 g/mol. The Morgan fingerprint density at radius 2 is 1.94 bits per heavy atom. The van der Waals surface area contributed by atoms with Crippen LogP contribution in [-0.4, -0.2) is 28.1 Å². The van der Waals surface area contributed by atoms with Gasteiger partial charge in [0.15, 0.2) is 6.10 Å². The summed E-state index contributed by atoms with van der Waals surface area (Å²) in [5.41, 5.74) is 1.36.